The Balaban J connectivity index is 1.48. The number of fused-ring (bicyclic) bond motifs is 1. The third kappa shape index (κ3) is 3.16. The quantitative estimate of drug-likeness (QED) is 0.551. The van der Waals surface area contributed by atoms with Gasteiger partial charge in [0.1, 0.15) is 11.6 Å². The van der Waals surface area contributed by atoms with Gasteiger partial charge in [0.25, 0.3) is 5.91 Å². The molecule has 8 heteroatoms. The Morgan fingerprint density at radius 3 is 2.86 bits per heavy atom. The number of aryl methyl sites for hydroxylation is 2. The Morgan fingerprint density at radius 2 is 2.07 bits per heavy atom. The summed E-state index contributed by atoms with van der Waals surface area (Å²) in [5.74, 6) is 0.829. The summed E-state index contributed by atoms with van der Waals surface area (Å²) in [6, 6.07) is 6.81. The van der Waals surface area contributed by atoms with E-state index in [1.165, 1.54) is 12.3 Å². The lowest BCUT2D eigenvalue weighted by Gasteiger charge is -2.10. The molecule has 0 bridgehead atoms. The number of anilines is 1. The molecule has 1 amide bonds. The molecule has 1 aromatic carbocycles. The lowest BCUT2D eigenvalue weighted by molar-refractivity contribution is 0.102. The molecule has 2 N–H and O–H groups in total. The summed E-state index contributed by atoms with van der Waals surface area (Å²) in [7, 11) is 0. The van der Waals surface area contributed by atoms with Gasteiger partial charge < -0.3 is 10.3 Å². The Bertz CT molecular complexity index is 1250. The number of amides is 1. The van der Waals surface area contributed by atoms with E-state index < -0.39 is 5.82 Å². The maximum Gasteiger partial charge on any atom is 0.259 e. The highest BCUT2D eigenvalue weighted by Gasteiger charge is 2.28. The summed E-state index contributed by atoms with van der Waals surface area (Å²) < 4.78 is 16.2. The zero-order valence-corrected chi connectivity index (χ0v) is 16.0. The van der Waals surface area contributed by atoms with E-state index >= 15 is 0 Å². The van der Waals surface area contributed by atoms with Crippen LogP contribution in [0.5, 0.6) is 0 Å². The lowest BCUT2D eigenvalue weighted by Crippen LogP contribution is -2.13. The van der Waals surface area contributed by atoms with Crippen molar-refractivity contribution >= 4 is 17.1 Å². The molecule has 146 valence electrons. The second-order valence-electron chi connectivity index (χ2n) is 7.53. The fourth-order valence-corrected chi connectivity index (χ4v) is 3.38. The van der Waals surface area contributed by atoms with Crippen LogP contribution >= 0.6 is 0 Å². The summed E-state index contributed by atoms with van der Waals surface area (Å²) in [5, 5.41) is 15.3. The number of rotatable bonds is 4. The van der Waals surface area contributed by atoms with Crippen molar-refractivity contribution in [3.05, 3.63) is 65.0 Å². The molecule has 1 fully saturated rings. The van der Waals surface area contributed by atoms with Gasteiger partial charge >= 0.3 is 0 Å². The van der Waals surface area contributed by atoms with Crippen molar-refractivity contribution in [1.82, 2.24) is 24.8 Å². The van der Waals surface area contributed by atoms with E-state index in [0.717, 1.165) is 24.2 Å². The molecule has 0 atom stereocenters. The van der Waals surface area contributed by atoms with Crippen molar-refractivity contribution in [2.75, 3.05) is 5.32 Å². The summed E-state index contributed by atoms with van der Waals surface area (Å²) in [4.78, 5) is 16.0. The molecule has 0 saturated heterocycles. The van der Waals surface area contributed by atoms with Crippen LogP contribution in [0.4, 0.5) is 10.1 Å². The van der Waals surface area contributed by atoms with Gasteiger partial charge in [0.15, 0.2) is 5.82 Å². The van der Waals surface area contributed by atoms with Crippen molar-refractivity contribution in [3.63, 3.8) is 0 Å². The molecule has 3 aromatic heterocycles. The number of H-pyrrole nitrogens is 1. The smallest absolute Gasteiger partial charge is 0.259 e. The topological polar surface area (TPSA) is 88.0 Å². The van der Waals surface area contributed by atoms with Gasteiger partial charge in [0.2, 0.25) is 0 Å². The summed E-state index contributed by atoms with van der Waals surface area (Å²) in [6.07, 6.45) is 5.49. The number of benzene rings is 1. The van der Waals surface area contributed by atoms with E-state index in [1.54, 1.807) is 17.5 Å². The highest BCUT2D eigenvalue weighted by Crippen LogP contribution is 2.38. The molecule has 0 aliphatic heterocycles. The van der Waals surface area contributed by atoms with E-state index in [4.69, 9.17) is 0 Å². The van der Waals surface area contributed by atoms with Gasteiger partial charge in [0.05, 0.1) is 22.8 Å². The first-order chi connectivity index (χ1) is 14.0. The molecule has 3 heterocycles. The number of nitrogens with one attached hydrogen (secondary N) is 2. The average molecular weight is 390 g/mol. The molecule has 0 unspecified atom stereocenters. The lowest BCUT2D eigenvalue weighted by atomic mass is 10.1. The van der Waals surface area contributed by atoms with E-state index in [-0.39, 0.29) is 11.5 Å². The Labute approximate surface area is 166 Å². The molecule has 5 rings (SSSR count). The van der Waals surface area contributed by atoms with E-state index in [0.29, 0.717) is 34.1 Å². The Hall–Kier alpha value is -3.55. The predicted molar refractivity (Wildman–Crippen MR) is 106 cm³/mol. The molecule has 1 aliphatic carbocycles. The first kappa shape index (κ1) is 17.5. The summed E-state index contributed by atoms with van der Waals surface area (Å²) in [6.45, 7) is 3.71. The maximum atomic E-state index is 14.6. The molecular weight excluding hydrogens is 371 g/mol. The molecule has 29 heavy (non-hydrogen) atoms. The highest BCUT2D eigenvalue weighted by molar-refractivity contribution is 6.09. The SMILES string of the molecule is Cc1ccn2ncc(C(=O)Nc3cc(-c4nnc(C5CC5)[nH]4)c(F)cc3C)c2c1. The fourth-order valence-electron chi connectivity index (χ4n) is 3.38. The zero-order valence-electron chi connectivity index (χ0n) is 16.0. The monoisotopic (exact) mass is 390 g/mol. The van der Waals surface area contributed by atoms with Crippen molar-refractivity contribution in [2.24, 2.45) is 0 Å². The van der Waals surface area contributed by atoms with Crippen LogP contribution in [0.2, 0.25) is 0 Å². The normalized spacial score (nSPS) is 13.8. The van der Waals surface area contributed by atoms with Crippen LogP contribution in [0.25, 0.3) is 16.9 Å². The second kappa shape index (κ2) is 6.51. The fraction of sp³-hybridized carbons (Fsp3) is 0.238. The molecular formula is C21H19FN6O. The van der Waals surface area contributed by atoms with E-state index in [9.17, 15) is 9.18 Å². The van der Waals surface area contributed by atoms with Crippen molar-refractivity contribution in [1.29, 1.82) is 0 Å². The third-order valence-electron chi connectivity index (χ3n) is 5.21. The minimum Gasteiger partial charge on any atom is -0.325 e. The second-order valence-corrected chi connectivity index (χ2v) is 7.53. The average Bonchev–Trinajstić information content (AvgIpc) is 3.27. The summed E-state index contributed by atoms with van der Waals surface area (Å²) >= 11 is 0. The van der Waals surface area contributed by atoms with Crippen LogP contribution in [-0.2, 0) is 0 Å². The number of hydrogen-bond donors (Lipinski definition) is 2. The Morgan fingerprint density at radius 1 is 1.24 bits per heavy atom. The van der Waals surface area contributed by atoms with Crippen LogP contribution in [0.3, 0.4) is 0 Å². The number of aromatic nitrogens is 5. The minimum absolute atomic E-state index is 0.279. The number of hydrogen-bond acceptors (Lipinski definition) is 4. The van der Waals surface area contributed by atoms with Crippen molar-refractivity contribution in [3.8, 4) is 11.4 Å². The molecule has 1 saturated carbocycles. The van der Waals surface area contributed by atoms with Gasteiger partial charge in [-0.3, -0.25) is 4.79 Å². The number of aromatic amines is 1. The maximum absolute atomic E-state index is 14.6. The zero-order chi connectivity index (χ0) is 20.1. The van der Waals surface area contributed by atoms with Crippen LogP contribution in [0.15, 0.2) is 36.7 Å². The van der Waals surface area contributed by atoms with Crippen molar-refractivity contribution in [2.45, 2.75) is 32.6 Å². The van der Waals surface area contributed by atoms with E-state index in [1.807, 2.05) is 25.3 Å². The number of nitrogens with zero attached hydrogens (tertiary/aromatic N) is 4. The number of carbonyl (C=O) groups is 1. The Kier molecular flexibility index (Phi) is 3.94. The van der Waals surface area contributed by atoms with Crippen LogP contribution in [0.1, 0.15) is 46.1 Å². The molecule has 1 aliphatic rings. The van der Waals surface area contributed by atoms with E-state index in [2.05, 4.69) is 25.6 Å². The van der Waals surface area contributed by atoms with Crippen LogP contribution in [0, 0.1) is 19.7 Å². The number of carbonyl (C=O) groups excluding carboxylic acids is 1. The van der Waals surface area contributed by atoms with Gasteiger partial charge in [0, 0.05) is 17.8 Å². The third-order valence-corrected chi connectivity index (χ3v) is 5.21. The van der Waals surface area contributed by atoms with Gasteiger partial charge in [-0.05, 0) is 62.1 Å². The predicted octanol–water partition coefficient (Wildman–Crippen LogP) is 4.01. The van der Waals surface area contributed by atoms with Crippen LogP contribution in [-0.4, -0.2) is 30.7 Å². The minimum atomic E-state index is -0.411. The van der Waals surface area contributed by atoms with Gasteiger partial charge in [-0.25, -0.2) is 8.91 Å². The largest absolute Gasteiger partial charge is 0.325 e. The first-order valence-corrected chi connectivity index (χ1v) is 9.48. The number of pyridine rings is 1. The van der Waals surface area contributed by atoms with Gasteiger partial charge in [-0.1, -0.05) is 0 Å². The van der Waals surface area contributed by atoms with Gasteiger partial charge in [-0.15, -0.1) is 10.2 Å². The summed E-state index contributed by atoms with van der Waals surface area (Å²) in [5.41, 5.74) is 3.61. The number of halogens is 1. The van der Waals surface area contributed by atoms with Crippen LogP contribution < -0.4 is 5.32 Å². The standard InChI is InChI=1S/C21H19FN6O/c1-11-5-6-28-18(7-11)15(10-23-28)21(29)24-17-9-14(16(22)8-12(17)2)20-25-19(26-27-20)13-3-4-13/h5-10,13H,3-4H2,1-2H3,(H,24,29)(H,25,26,27). The molecule has 0 radical (unpaired) electrons. The first-order valence-electron chi connectivity index (χ1n) is 9.48. The van der Waals surface area contributed by atoms with Crippen molar-refractivity contribution < 1.29 is 9.18 Å². The highest BCUT2D eigenvalue weighted by atomic mass is 19.1. The van der Waals surface area contributed by atoms with Gasteiger partial charge in [-0.2, -0.15) is 5.10 Å². The molecule has 4 aromatic rings. The molecule has 0 spiro atoms. The molecule has 7 nitrogen and oxygen atoms in total.